The van der Waals surface area contributed by atoms with Crippen molar-refractivity contribution in [2.75, 3.05) is 6.54 Å². The Hall–Kier alpha value is -1.32. The average Bonchev–Trinajstić information content (AvgIpc) is 2.54. The van der Waals surface area contributed by atoms with Crippen LogP contribution in [0.25, 0.3) is 0 Å². The molecule has 4 nitrogen and oxygen atoms in total. The van der Waals surface area contributed by atoms with Crippen LogP contribution in [0.5, 0.6) is 0 Å². The Morgan fingerprint density at radius 2 is 2.20 bits per heavy atom. The molecule has 0 aliphatic carbocycles. The number of aromatic amines is 1. The second-order valence-electron chi connectivity index (χ2n) is 4.57. The number of aromatic nitrogens is 2. The molecule has 1 amide bonds. The first-order valence-corrected chi connectivity index (χ1v) is 5.24. The van der Waals surface area contributed by atoms with Crippen LogP contribution >= 0.6 is 0 Å². The molecule has 0 fully saturated rings. The minimum Gasteiger partial charge on any atom is -0.338 e. The number of nitrogens with zero attached hydrogens (tertiary/aromatic N) is 2. The Labute approximate surface area is 90.7 Å². The van der Waals surface area contributed by atoms with E-state index < -0.39 is 0 Å². The minimum absolute atomic E-state index is 0.119. The van der Waals surface area contributed by atoms with E-state index in [0.717, 1.165) is 12.2 Å². The van der Waals surface area contributed by atoms with Gasteiger partial charge >= 0.3 is 0 Å². The van der Waals surface area contributed by atoms with Crippen molar-refractivity contribution in [3.8, 4) is 0 Å². The van der Waals surface area contributed by atoms with Gasteiger partial charge in [-0.1, -0.05) is 0 Å². The maximum atomic E-state index is 12.0. The first-order chi connectivity index (χ1) is 6.95. The van der Waals surface area contributed by atoms with Gasteiger partial charge in [-0.05, 0) is 33.8 Å². The van der Waals surface area contributed by atoms with Gasteiger partial charge in [0.05, 0.1) is 6.42 Å². The van der Waals surface area contributed by atoms with Crippen LogP contribution < -0.4 is 0 Å². The van der Waals surface area contributed by atoms with E-state index in [9.17, 15) is 4.79 Å². The molecule has 1 aromatic rings. The number of hydrogen-bond donors (Lipinski definition) is 1. The van der Waals surface area contributed by atoms with Crippen molar-refractivity contribution in [2.45, 2.75) is 39.7 Å². The zero-order valence-electron chi connectivity index (χ0n) is 9.87. The monoisotopic (exact) mass is 209 g/mol. The van der Waals surface area contributed by atoms with Gasteiger partial charge in [-0.2, -0.15) is 5.10 Å². The van der Waals surface area contributed by atoms with Crippen molar-refractivity contribution >= 4 is 5.91 Å². The fraction of sp³-hybridized carbons (Fsp3) is 0.636. The maximum absolute atomic E-state index is 12.0. The largest absolute Gasteiger partial charge is 0.338 e. The molecule has 15 heavy (non-hydrogen) atoms. The summed E-state index contributed by atoms with van der Waals surface area (Å²) in [4.78, 5) is 13.8. The van der Waals surface area contributed by atoms with Crippen molar-refractivity contribution in [1.29, 1.82) is 0 Å². The fourth-order valence-electron chi connectivity index (χ4n) is 1.67. The lowest BCUT2D eigenvalue weighted by Gasteiger charge is -2.34. The van der Waals surface area contributed by atoms with Gasteiger partial charge in [0.1, 0.15) is 0 Å². The number of likely N-dealkylation sites (N-methyl/N-ethyl adjacent to an activating group) is 1. The predicted octanol–water partition coefficient (Wildman–Crippen LogP) is 1.60. The second kappa shape index (κ2) is 4.47. The average molecular weight is 209 g/mol. The fourth-order valence-corrected chi connectivity index (χ4v) is 1.67. The molecule has 0 spiro atoms. The van der Waals surface area contributed by atoms with E-state index in [1.165, 1.54) is 0 Å². The van der Waals surface area contributed by atoms with Crippen molar-refractivity contribution in [3.05, 3.63) is 18.0 Å². The third-order valence-corrected chi connectivity index (χ3v) is 2.33. The maximum Gasteiger partial charge on any atom is 0.228 e. The van der Waals surface area contributed by atoms with Gasteiger partial charge < -0.3 is 4.90 Å². The zero-order chi connectivity index (χ0) is 11.5. The smallest absolute Gasteiger partial charge is 0.228 e. The highest BCUT2D eigenvalue weighted by molar-refractivity contribution is 5.79. The van der Waals surface area contributed by atoms with Gasteiger partial charge in [0, 0.05) is 24.0 Å². The summed E-state index contributed by atoms with van der Waals surface area (Å²) in [5.74, 6) is 0.134. The van der Waals surface area contributed by atoms with Gasteiger partial charge in [-0.15, -0.1) is 0 Å². The summed E-state index contributed by atoms with van der Waals surface area (Å²) in [6.45, 7) is 8.86. The Bertz CT molecular complexity index is 311. The first kappa shape index (κ1) is 11.8. The normalized spacial score (nSPS) is 11.5. The molecule has 0 aliphatic rings. The van der Waals surface area contributed by atoms with Crippen LogP contribution in [0.2, 0.25) is 0 Å². The summed E-state index contributed by atoms with van der Waals surface area (Å²) >= 11 is 0. The molecular weight excluding hydrogens is 190 g/mol. The molecular formula is C11H19N3O. The summed E-state index contributed by atoms with van der Waals surface area (Å²) in [7, 11) is 0. The number of amides is 1. The number of carbonyl (C=O) groups is 1. The number of H-pyrrole nitrogens is 1. The molecule has 0 atom stereocenters. The molecule has 1 heterocycles. The van der Waals surface area contributed by atoms with E-state index >= 15 is 0 Å². The third kappa shape index (κ3) is 3.08. The highest BCUT2D eigenvalue weighted by atomic mass is 16.2. The molecule has 1 N–H and O–H groups in total. The highest BCUT2D eigenvalue weighted by Gasteiger charge is 2.24. The van der Waals surface area contributed by atoms with E-state index in [2.05, 4.69) is 10.2 Å². The molecule has 0 bridgehead atoms. The van der Waals surface area contributed by atoms with Gasteiger partial charge in [-0.3, -0.25) is 9.89 Å². The minimum atomic E-state index is -0.119. The van der Waals surface area contributed by atoms with Crippen molar-refractivity contribution in [2.24, 2.45) is 0 Å². The molecule has 0 saturated heterocycles. The van der Waals surface area contributed by atoms with Gasteiger partial charge in [0.25, 0.3) is 0 Å². The molecule has 84 valence electrons. The standard InChI is InChI=1S/C11H19N3O/c1-5-14(11(2,3)4)10(15)8-9-6-7-12-13-9/h6-7H,5,8H2,1-4H3,(H,12,13). The number of carbonyl (C=O) groups excluding carboxylic acids is 1. The van der Waals surface area contributed by atoms with Crippen LogP contribution in [-0.2, 0) is 11.2 Å². The quantitative estimate of drug-likeness (QED) is 0.822. The summed E-state index contributed by atoms with van der Waals surface area (Å²) in [5, 5.41) is 6.63. The molecule has 1 rings (SSSR count). The van der Waals surface area contributed by atoms with Gasteiger partial charge in [-0.25, -0.2) is 0 Å². The third-order valence-electron chi connectivity index (χ3n) is 2.33. The van der Waals surface area contributed by atoms with E-state index in [1.54, 1.807) is 6.20 Å². The first-order valence-electron chi connectivity index (χ1n) is 5.24. The van der Waals surface area contributed by atoms with E-state index in [4.69, 9.17) is 0 Å². The van der Waals surface area contributed by atoms with Crippen molar-refractivity contribution in [1.82, 2.24) is 15.1 Å². The van der Waals surface area contributed by atoms with Crippen LogP contribution in [0.15, 0.2) is 12.3 Å². The van der Waals surface area contributed by atoms with Crippen molar-refractivity contribution in [3.63, 3.8) is 0 Å². The summed E-state index contributed by atoms with van der Waals surface area (Å²) in [5.41, 5.74) is 0.744. The number of rotatable bonds is 3. The lowest BCUT2D eigenvalue weighted by Crippen LogP contribution is -2.46. The van der Waals surface area contributed by atoms with Crippen LogP contribution in [0.4, 0.5) is 0 Å². The molecule has 0 radical (unpaired) electrons. The predicted molar refractivity (Wildman–Crippen MR) is 59.4 cm³/mol. The second-order valence-corrected chi connectivity index (χ2v) is 4.57. The Balaban J connectivity index is 2.67. The summed E-state index contributed by atoms with van der Waals surface area (Å²) in [6, 6.07) is 1.83. The molecule has 1 aromatic heterocycles. The van der Waals surface area contributed by atoms with Crippen LogP contribution in [-0.4, -0.2) is 33.1 Å². The van der Waals surface area contributed by atoms with Crippen LogP contribution in [0.1, 0.15) is 33.4 Å². The number of hydrogen-bond acceptors (Lipinski definition) is 2. The van der Waals surface area contributed by atoms with E-state index in [-0.39, 0.29) is 11.4 Å². The molecule has 0 saturated carbocycles. The summed E-state index contributed by atoms with van der Waals surface area (Å²) in [6.07, 6.45) is 2.06. The number of nitrogens with one attached hydrogen (secondary N) is 1. The lowest BCUT2D eigenvalue weighted by atomic mass is 10.1. The molecule has 4 heteroatoms. The van der Waals surface area contributed by atoms with Gasteiger partial charge in [0.15, 0.2) is 0 Å². The van der Waals surface area contributed by atoms with Gasteiger partial charge in [0.2, 0.25) is 5.91 Å². The Kier molecular flexibility index (Phi) is 3.50. The van der Waals surface area contributed by atoms with Crippen molar-refractivity contribution < 1.29 is 4.79 Å². The topological polar surface area (TPSA) is 49.0 Å². The SMILES string of the molecule is CCN(C(=O)Cc1ccn[nH]1)C(C)(C)C. The lowest BCUT2D eigenvalue weighted by molar-refractivity contribution is -0.134. The zero-order valence-corrected chi connectivity index (χ0v) is 9.87. The van der Waals surface area contributed by atoms with Crippen LogP contribution in [0.3, 0.4) is 0 Å². The molecule has 0 aliphatic heterocycles. The van der Waals surface area contributed by atoms with E-state index in [0.29, 0.717) is 6.42 Å². The highest BCUT2D eigenvalue weighted by Crippen LogP contribution is 2.14. The molecule has 0 unspecified atom stereocenters. The van der Waals surface area contributed by atoms with Crippen LogP contribution in [0, 0.1) is 0 Å². The summed E-state index contributed by atoms with van der Waals surface area (Å²) < 4.78 is 0. The Morgan fingerprint density at radius 3 is 2.60 bits per heavy atom. The Morgan fingerprint density at radius 1 is 1.53 bits per heavy atom. The van der Waals surface area contributed by atoms with E-state index in [1.807, 2.05) is 38.7 Å². The molecule has 0 aromatic carbocycles.